The Kier molecular flexibility index (Phi) is 3.11. The van der Waals surface area contributed by atoms with E-state index < -0.39 is 11.0 Å². The molecule has 0 N–H and O–H groups in total. The Morgan fingerprint density at radius 2 is 1.81 bits per heavy atom. The van der Waals surface area contributed by atoms with E-state index in [9.17, 15) is 5.26 Å². The molecule has 3 nitrogen and oxygen atoms in total. The maximum atomic E-state index is 9.73. The maximum absolute atomic E-state index is 9.73. The summed E-state index contributed by atoms with van der Waals surface area (Å²) in [5.74, 6) is 0.861. The molecule has 0 saturated heterocycles. The summed E-state index contributed by atoms with van der Waals surface area (Å²) in [6.45, 7) is 2.03. The monoisotopic (exact) mass is 283 g/mol. The number of benzene rings is 1. The average molecular weight is 283 g/mol. The number of fused-ring (bicyclic) bond motifs is 2. The highest BCUT2D eigenvalue weighted by Gasteiger charge is 2.59. The van der Waals surface area contributed by atoms with Crippen LogP contribution in [0.4, 0.5) is 0 Å². The van der Waals surface area contributed by atoms with Crippen LogP contribution in [0.1, 0.15) is 31.7 Å². The van der Waals surface area contributed by atoms with Crippen molar-refractivity contribution in [1.82, 2.24) is 0 Å². The fourth-order valence-electron chi connectivity index (χ4n) is 4.05. The van der Waals surface area contributed by atoms with Gasteiger partial charge in [-0.15, -0.1) is 0 Å². The first-order valence-corrected chi connectivity index (χ1v) is 7.34. The number of nitrogens with zero attached hydrogens (tertiary/aromatic N) is 1. The summed E-state index contributed by atoms with van der Waals surface area (Å²) in [6.07, 6.45) is 7.07. The normalized spacial score (nSPS) is 37.2. The molecule has 1 saturated carbocycles. The fourth-order valence-corrected chi connectivity index (χ4v) is 4.05. The van der Waals surface area contributed by atoms with Crippen molar-refractivity contribution >= 4 is 0 Å². The maximum Gasteiger partial charge on any atom is 0.118 e. The van der Waals surface area contributed by atoms with Gasteiger partial charge in [0.1, 0.15) is 11.4 Å². The second-order valence-corrected chi connectivity index (χ2v) is 6.43. The highest BCUT2D eigenvalue weighted by Crippen LogP contribution is 2.59. The molecule has 3 aliphatic rings. The molecule has 0 spiro atoms. The number of nitriles is 1. The van der Waals surface area contributed by atoms with E-state index in [1.54, 1.807) is 14.2 Å². The van der Waals surface area contributed by atoms with E-state index in [2.05, 4.69) is 30.4 Å². The van der Waals surface area contributed by atoms with Gasteiger partial charge >= 0.3 is 0 Å². The molecule has 0 heterocycles. The third kappa shape index (κ3) is 1.82. The fraction of sp³-hybridized carbons (Fsp3) is 0.500. The van der Waals surface area contributed by atoms with Crippen LogP contribution in [0.3, 0.4) is 0 Å². The van der Waals surface area contributed by atoms with Crippen LogP contribution >= 0.6 is 0 Å². The highest BCUT2D eigenvalue weighted by atomic mass is 16.5. The smallest absolute Gasteiger partial charge is 0.118 e. The van der Waals surface area contributed by atoms with Crippen LogP contribution in [0.15, 0.2) is 36.4 Å². The zero-order valence-electron chi connectivity index (χ0n) is 12.8. The standard InChI is InChI=1S/C18H21NO2/c1-16(13-19)12-17(8-10-18(16,21-3)11-9-17)14-4-6-15(20-2)7-5-14/h4-8,10H,9,11-12H2,1-3H3. The molecule has 21 heavy (non-hydrogen) atoms. The van der Waals surface area contributed by atoms with Gasteiger partial charge in [-0.3, -0.25) is 0 Å². The van der Waals surface area contributed by atoms with Gasteiger partial charge < -0.3 is 9.47 Å². The number of methoxy groups -OCH3 is 2. The van der Waals surface area contributed by atoms with Crippen LogP contribution in [0, 0.1) is 16.7 Å². The third-order valence-corrected chi connectivity index (χ3v) is 5.49. The van der Waals surface area contributed by atoms with Crippen LogP contribution in [0.2, 0.25) is 0 Å². The van der Waals surface area contributed by atoms with E-state index in [-0.39, 0.29) is 5.41 Å². The van der Waals surface area contributed by atoms with Crippen LogP contribution < -0.4 is 4.74 Å². The Balaban J connectivity index is 2.05. The van der Waals surface area contributed by atoms with Crippen LogP contribution in [0.5, 0.6) is 5.75 Å². The Morgan fingerprint density at radius 1 is 1.10 bits per heavy atom. The molecular formula is C18H21NO2. The molecule has 3 aliphatic carbocycles. The molecule has 3 heteroatoms. The summed E-state index contributed by atoms with van der Waals surface area (Å²) < 4.78 is 11.0. The molecule has 0 aromatic heterocycles. The van der Waals surface area contributed by atoms with Gasteiger partial charge in [-0.1, -0.05) is 24.3 Å². The van der Waals surface area contributed by atoms with Crippen molar-refractivity contribution in [1.29, 1.82) is 5.26 Å². The first-order chi connectivity index (χ1) is 10.0. The van der Waals surface area contributed by atoms with Crippen molar-refractivity contribution in [2.24, 2.45) is 5.41 Å². The zero-order valence-corrected chi connectivity index (χ0v) is 12.8. The average Bonchev–Trinajstić information content (AvgIpc) is 2.56. The predicted octanol–water partition coefficient (Wildman–Crippen LogP) is 3.60. The minimum Gasteiger partial charge on any atom is -0.497 e. The Labute approximate surface area is 126 Å². The van der Waals surface area contributed by atoms with Crippen molar-refractivity contribution in [3.05, 3.63) is 42.0 Å². The molecule has 1 aromatic rings. The topological polar surface area (TPSA) is 42.2 Å². The van der Waals surface area contributed by atoms with Crippen LogP contribution in [0.25, 0.3) is 0 Å². The second-order valence-electron chi connectivity index (χ2n) is 6.43. The van der Waals surface area contributed by atoms with Gasteiger partial charge in [0.2, 0.25) is 0 Å². The molecule has 4 rings (SSSR count). The van der Waals surface area contributed by atoms with Gasteiger partial charge in [0.25, 0.3) is 0 Å². The minimum absolute atomic E-state index is 0.0585. The highest BCUT2D eigenvalue weighted by molar-refractivity contribution is 5.43. The lowest BCUT2D eigenvalue weighted by Gasteiger charge is -2.56. The van der Waals surface area contributed by atoms with Crippen molar-refractivity contribution in [2.45, 2.75) is 37.2 Å². The molecule has 3 atom stereocenters. The van der Waals surface area contributed by atoms with E-state index in [0.717, 1.165) is 25.0 Å². The summed E-state index contributed by atoms with van der Waals surface area (Å²) >= 11 is 0. The van der Waals surface area contributed by atoms with Gasteiger partial charge in [0.15, 0.2) is 0 Å². The number of hydrogen-bond donors (Lipinski definition) is 0. The van der Waals surface area contributed by atoms with Crippen LogP contribution in [-0.2, 0) is 10.2 Å². The molecule has 110 valence electrons. The van der Waals surface area contributed by atoms with Gasteiger partial charge in [-0.2, -0.15) is 5.26 Å². The van der Waals surface area contributed by atoms with Gasteiger partial charge in [-0.25, -0.2) is 0 Å². The lowest BCUT2D eigenvalue weighted by molar-refractivity contribution is -0.0936. The Bertz CT molecular complexity index is 615. The lowest BCUT2D eigenvalue weighted by Crippen LogP contribution is -2.57. The Morgan fingerprint density at radius 3 is 2.29 bits per heavy atom. The summed E-state index contributed by atoms with van der Waals surface area (Å²) in [4.78, 5) is 0. The number of rotatable bonds is 3. The molecule has 1 aromatic carbocycles. The van der Waals surface area contributed by atoms with E-state index in [1.807, 2.05) is 19.1 Å². The molecule has 3 unspecified atom stereocenters. The number of allylic oxidation sites excluding steroid dienone is 1. The molecule has 0 radical (unpaired) electrons. The van der Waals surface area contributed by atoms with E-state index in [1.165, 1.54) is 5.56 Å². The van der Waals surface area contributed by atoms with E-state index >= 15 is 0 Å². The summed E-state index contributed by atoms with van der Waals surface area (Å²) in [6, 6.07) is 10.7. The predicted molar refractivity (Wildman–Crippen MR) is 81.1 cm³/mol. The molecular weight excluding hydrogens is 262 g/mol. The van der Waals surface area contributed by atoms with Crippen molar-refractivity contribution in [3.8, 4) is 11.8 Å². The number of ether oxygens (including phenoxy) is 2. The van der Waals surface area contributed by atoms with E-state index in [0.29, 0.717) is 0 Å². The number of hydrogen-bond acceptors (Lipinski definition) is 3. The minimum atomic E-state index is -0.491. The van der Waals surface area contributed by atoms with Crippen LogP contribution in [-0.4, -0.2) is 19.8 Å². The van der Waals surface area contributed by atoms with Gasteiger partial charge in [0, 0.05) is 12.5 Å². The first kappa shape index (κ1) is 14.2. The Hall–Kier alpha value is -1.79. The van der Waals surface area contributed by atoms with Gasteiger partial charge in [-0.05, 0) is 43.9 Å². The van der Waals surface area contributed by atoms with E-state index in [4.69, 9.17) is 9.47 Å². The molecule has 1 fully saturated rings. The van der Waals surface area contributed by atoms with Crippen molar-refractivity contribution in [2.75, 3.05) is 14.2 Å². The largest absolute Gasteiger partial charge is 0.497 e. The molecule has 0 amide bonds. The van der Waals surface area contributed by atoms with Crippen molar-refractivity contribution < 1.29 is 9.47 Å². The first-order valence-electron chi connectivity index (χ1n) is 7.34. The SMILES string of the molecule is COc1ccc(C23C=CC(OC)(CC2)C(C)(C#N)C3)cc1. The third-order valence-electron chi connectivity index (χ3n) is 5.49. The molecule has 0 aliphatic heterocycles. The summed E-state index contributed by atoms with van der Waals surface area (Å²) in [7, 11) is 3.39. The quantitative estimate of drug-likeness (QED) is 0.796. The van der Waals surface area contributed by atoms with Gasteiger partial charge in [0.05, 0.1) is 18.6 Å². The summed E-state index contributed by atoms with van der Waals surface area (Å²) in [5.41, 5.74) is 0.271. The van der Waals surface area contributed by atoms with Crippen molar-refractivity contribution in [3.63, 3.8) is 0 Å². The zero-order chi connectivity index (χ0) is 15.1. The molecule has 2 bridgehead atoms. The lowest BCUT2D eigenvalue weighted by atomic mass is 9.50. The summed E-state index contributed by atoms with van der Waals surface area (Å²) in [5, 5.41) is 9.73. The second kappa shape index (κ2) is 4.61.